The normalized spacial score (nSPS) is 10.2. The van der Waals surface area contributed by atoms with Crippen molar-refractivity contribution >= 4 is 35.3 Å². The van der Waals surface area contributed by atoms with E-state index in [2.05, 4.69) is 29.9 Å². The molecule has 0 saturated heterocycles. The topological polar surface area (TPSA) is 12.9 Å². The maximum atomic E-state index is 4.05. The van der Waals surface area contributed by atoms with Gasteiger partial charge in [-0.2, -0.15) is 0 Å². The summed E-state index contributed by atoms with van der Waals surface area (Å²) in [7, 11) is 0. The molecule has 1 nitrogen and oxygen atoms in total. The van der Waals surface area contributed by atoms with Gasteiger partial charge in [-0.1, -0.05) is 0 Å². The summed E-state index contributed by atoms with van der Waals surface area (Å²) in [6.45, 7) is 0. The minimum absolute atomic E-state index is 1.15. The second kappa shape index (κ2) is 5.04. The highest BCUT2D eigenvalue weighted by Crippen LogP contribution is 2.34. The van der Waals surface area contributed by atoms with Gasteiger partial charge in [0.25, 0.3) is 0 Å². The number of hydrogen-bond acceptors (Lipinski definition) is 4. The Morgan fingerprint density at radius 2 is 1.92 bits per heavy atom. The van der Waals surface area contributed by atoms with E-state index in [1.165, 1.54) is 9.79 Å². The van der Waals surface area contributed by atoms with Crippen LogP contribution >= 0.6 is 35.3 Å². The molecule has 1 aromatic rings. The number of pyridine rings is 1. The van der Waals surface area contributed by atoms with Gasteiger partial charge in [0.2, 0.25) is 0 Å². The van der Waals surface area contributed by atoms with Crippen molar-refractivity contribution in [3.63, 3.8) is 0 Å². The van der Waals surface area contributed by atoms with E-state index < -0.39 is 0 Å². The maximum Gasteiger partial charge on any atom is 0.105 e. The molecule has 0 amide bonds. The first-order chi connectivity index (χ1) is 5.83. The lowest BCUT2D eigenvalue weighted by atomic mass is 10.5. The van der Waals surface area contributed by atoms with Crippen LogP contribution in [0.2, 0.25) is 0 Å². The van der Waals surface area contributed by atoms with Crippen molar-refractivity contribution in [2.75, 3.05) is 18.8 Å². The molecule has 1 aromatic heterocycles. The van der Waals surface area contributed by atoms with Crippen LogP contribution in [0.3, 0.4) is 0 Å². The molecule has 0 atom stereocenters. The van der Waals surface area contributed by atoms with Crippen LogP contribution in [0.25, 0.3) is 0 Å². The van der Waals surface area contributed by atoms with Crippen molar-refractivity contribution in [2.45, 2.75) is 14.7 Å². The van der Waals surface area contributed by atoms with E-state index in [1.54, 1.807) is 35.3 Å². The Kier molecular flexibility index (Phi) is 4.32. The van der Waals surface area contributed by atoms with E-state index in [9.17, 15) is 0 Å². The van der Waals surface area contributed by atoms with Gasteiger partial charge in [-0.05, 0) is 18.8 Å². The predicted molar refractivity (Wildman–Crippen MR) is 58.4 cm³/mol. The summed E-state index contributed by atoms with van der Waals surface area (Å²) in [5.74, 6) is 0. The molecule has 0 aliphatic rings. The zero-order valence-electron chi connectivity index (χ0n) is 7.25. The molecule has 0 saturated carbocycles. The molecule has 0 aliphatic heterocycles. The largest absolute Gasteiger partial charge is 0.252 e. The first-order valence-corrected chi connectivity index (χ1v) is 7.03. The molecule has 0 unspecified atom stereocenters. The average molecular weight is 216 g/mol. The Balaban J connectivity index is 3.13. The van der Waals surface area contributed by atoms with Crippen LogP contribution in [0.4, 0.5) is 0 Å². The fraction of sp³-hybridized carbons (Fsp3) is 0.375. The zero-order chi connectivity index (χ0) is 8.97. The van der Waals surface area contributed by atoms with Crippen LogP contribution in [0.5, 0.6) is 0 Å². The van der Waals surface area contributed by atoms with Gasteiger partial charge in [-0.3, -0.25) is 4.98 Å². The molecule has 1 radical (unpaired) electrons. The first-order valence-electron chi connectivity index (χ1n) is 3.36. The Bertz CT molecular complexity index is 240. The number of rotatable bonds is 3. The second-order valence-electron chi connectivity index (χ2n) is 2.00. The van der Waals surface area contributed by atoms with E-state index in [0.29, 0.717) is 0 Å². The lowest BCUT2D eigenvalue weighted by Gasteiger charge is -2.06. The first kappa shape index (κ1) is 10.3. The van der Waals surface area contributed by atoms with Gasteiger partial charge in [0.15, 0.2) is 0 Å². The molecular formula is C8H10NS3. The summed E-state index contributed by atoms with van der Waals surface area (Å²) in [4.78, 5) is 7.74. The van der Waals surface area contributed by atoms with E-state index in [1.807, 2.05) is 6.20 Å². The molecule has 0 spiro atoms. The van der Waals surface area contributed by atoms with E-state index >= 15 is 0 Å². The zero-order valence-corrected chi connectivity index (χ0v) is 9.70. The Hall–Kier alpha value is 0.200. The van der Waals surface area contributed by atoms with Gasteiger partial charge in [-0.15, -0.1) is 35.3 Å². The van der Waals surface area contributed by atoms with Gasteiger partial charge >= 0.3 is 0 Å². The van der Waals surface area contributed by atoms with Crippen LogP contribution in [-0.2, 0) is 0 Å². The summed E-state index contributed by atoms with van der Waals surface area (Å²) >= 11 is 5.19. The lowest BCUT2D eigenvalue weighted by Crippen LogP contribution is -1.84. The average Bonchev–Trinajstić information content (AvgIpc) is 2.16. The monoisotopic (exact) mass is 216 g/mol. The molecule has 65 valence electrons. The quantitative estimate of drug-likeness (QED) is 0.720. The second-order valence-corrected chi connectivity index (χ2v) is 4.49. The van der Waals surface area contributed by atoms with E-state index in [0.717, 1.165) is 4.90 Å². The third-order valence-electron chi connectivity index (χ3n) is 1.41. The number of nitrogens with zero attached hydrogens (tertiary/aromatic N) is 1. The Morgan fingerprint density at radius 1 is 1.17 bits per heavy atom. The van der Waals surface area contributed by atoms with Gasteiger partial charge < -0.3 is 0 Å². The summed E-state index contributed by atoms with van der Waals surface area (Å²) in [5.41, 5.74) is 0. The van der Waals surface area contributed by atoms with E-state index in [4.69, 9.17) is 0 Å². The molecule has 0 aliphatic carbocycles. The van der Waals surface area contributed by atoms with Crippen molar-refractivity contribution in [3.8, 4) is 0 Å². The van der Waals surface area contributed by atoms with Crippen LogP contribution in [0.1, 0.15) is 0 Å². The van der Waals surface area contributed by atoms with Crippen molar-refractivity contribution in [1.82, 2.24) is 4.98 Å². The van der Waals surface area contributed by atoms with Crippen molar-refractivity contribution in [2.24, 2.45) is 0 Å². The number of thioether (sulfide) groups is 3. The molecular weight excluding hydrogens is 206 g/mol. The fourth-order valence-corrected chi connectivity index (χ4v) is 3.28. The highest BCUT2D eigenvalue weighted by Gasteiger charge is 2.06. The molecule has 12 heavy (non-hydrogen) atoms. The maximum absolute atomic E-state index is 4.05. The van der Waals surface area contributed by atoms with Crippen molar-refractivity contribution in [3.05, 3.63) is 12.4 Å². The Labute approximate surface area is 86.1 Å². The summed E-state index contributed by atoms with van der Waals surface area (Å²) in [5, 5.41) is 0. The summed E-state index contributed by atoms with van der Waals surface area (Å²) in [6, 6.07) is 0. The van der Waals surface area contributed by atoms with Gasteiger partial charge in [0, 0.05) is 20.9 Å². The van der Waals surface area contributed by atoms with Gasteiger partial charge in [0.1, 0.15) is 6.20 Å². The van der Waals surface area contributed by atoms with Gasteiger partial charge in [0.05, 0.1) is 0 Å². The third kappa shape index (κ3) is 2.12. The number of aromatic nitrogens is 1. The van der Waals surface area contributed by atoms with Gasteiger partial charge in [-0.25, -0.2) is 0 Å². The standard InChI is InChI=1S/C8H10NS3/c1-10-6-4-9-5-7(11-2)8(6)12-3/h4H,1-3H3. The van der Waals surface area contributed by atoms with Crippen LogP contribution in [0.15, 0.2) is 20.9 Å². The lowest BCUT2D eigenvalue weighted by molar-refractivity contribution is 1.02. The SMILES string of the molecule is CSc1[c]ncc(SC)c1SC. The van der Waals surface area contributed by atoms with Crippen molar-refractivity contribution in [1.29, 1.82) is 0 Å². The molecule has 1 rings (SSSR count). The highest BCUT2D eigenvalue weighted by molar-refractivity contribution is 8.03. The summed E-state index contributed by atoms with van der Waals surface area (Å²) in [6.07, 6.45) is 11.1. The molecule has 0 fully saturated rings. The minimum Gasteiger partial charge on any atom is -0.252 e. The minimum atomic E-state index is 1.15. The smallest absolute Gasteiger partial charge is 0.105 e. The summed E-state index contributed by atoms with van der Waals surface area (Å²) < 4.78 is 0. The molecule has 1 heterocycles. The molecule has 0 N–H and O–H groups in total. The molecule has 4 heteroatoms. The van der Waals surface area contributed by atoms with Crippen LogP contribution in [0, 0.1) is 6.20 Å². The number of hydrogen-bond donors (Lipinski definition) is 0. The van der Waals surface area contributed by atoms with Crippen LogP contribution in [-0.4, -0.2) is 23.8 Å². The van der Waals surface area contributed by atoms with E-state index in [-0.39, 0.29) is 0 Å². The third-order valence-corrected chi connectivity index (χ3v) is 3.95. The molecule has 0 bridgehead atoms. The Morgan fingerprint density at radius 3 is 2.42 bits per heavy atom. The van der Waals surface area contributed by atoms with Crippen LogP contribution < -0.4 is 0 Å². The fourth-order valence-electron chi connectivity index (χ4n) is 0.848. The van der Waals surface area contributed by atoms with Crippen molar-refractivity contribution < 1.29 is 0 Å². The molecule has 0 aromatic carbocycles. The predicted octanol–water partition coefficient (Wildman–Crippen LogP) is 3.05. The highest BCUT2D eigenvalue weighted by atomic mass is 32.2.